The molecule has 152 valence electrons. The maximum atomic E-state index is 11.4. The summed E-state index contributed by atoms with van der Waals surface area (Å²) in [6.45, 7) is -0.151. The Morgan fingerprint density at radius 3 is 2.42 bits per heavy atom. The second-order valence-corrected chi connectivity index (χ2v) is 6.14. The summed E-state index contributed by atoms with van der Waals surface area (Å²) in [5.74, 6) is -5.64. The molecule has 0 aromatic carbocycles. The lowest BCUT2D eigenvalue weighted by atomic mass is 9.88. The number of carbonyl (C=O) groups excluding carboxylic acids is 1. The largest absolute Gasteiger partial charge is 0.477 e. The van der Waals surface area contributed by atoms with Crippen molar-refractivity contribution >= 4 is 11.9 Å². The van der Waals surface area contributed by atoms with Gasteiger partial charge in [0.25, 0.3) is 5.79 Å². The topological polar surface area (TPSA) is 206 Å². The van der Waals surface area contributed by atoms with Gasteiger partial charge in [-0.3, -0.25) is 4.79 Å². The van der Waals surface area contributed by atoms with Crippen LogP contribution < -0.4 is 5.32 Å². The molecule has 0 saturated carbocycles. The molecule has 1 aliphatic heterocycles. The van der Waals surface area contributed by atoms with Crippen LogP contribution in [0.5, 0.6) is 0 Å². The molecule has 26 heavy (non-hydrogen) atoms. The number of hydrogen-bond donors (Lipinski definition) is 8. The van der Waals surface area contributed by atoms with Crippen molar-refractivity contribution in [2.45, 2.75) is 55.7 Å². The van der Waals surface area contributed by atoms with E-state index in [1.165, 1.54) is 6.92 Å². The zero-order valence-electron chi connectivity index (χ0n) is 14.1. The molecular formula is C14H25NO11. The second-order valence-electron chi connectivity index (χ2n) is 6.14. The Bertz CT molecular complexity index is 488. The number of carbonyl (C=O) groups is 2. The highest BCUT2D eigenvalue weighted by Crippen LogP contribution is 2.30. The van der Waals surface area contributed by atoms with Crippen LogP contribution in [0.4, 0.5) is 0 Å². The van der Waals surface area contributed by atoms with E-state index in [4.69, 9.17) is 24.8 Å². The van der Waals surface area contributed by atoms with Gasteiger partial charge < -0.3 is 50.5 Å². The summed E-state index contributed by atoms with van der Waals surface area (Å²) in [5.41, 5.74) is 0. The molecule has 0 bridgehead atoms. The molecule has 1 fully saturated rings. The number of nitrogens with one attached hydrogen (secondary N) is 1. The van der Waals surface area contributed by atoms with Crippen molar-refractivity contribution in [3.05, 3.63) is 0 Å². The third-order valence-corrected chi connectivity index (χ3v) is 3.77. The highest BCUT2D eigenvalue weighted by Gasteiger charge is 2.54. The summed E-state index contributed by atoms with van der Waals surface area (Å²) in [6, 6.07) is -1.42. The average molecular weight is 383 g/mol. The van der Waals surface area contributed by atoms with Crippen LogP contribution in [-0.4, -0.2) is 110 Å². The number of aliphatic hydroxyl groups is 6. The van der Waals surface area contributed by atoms with E-state index in [9.17, 15) is 30.0 Å². The second kappa shape index (κ2) is 9.53. The van der Waals surface area contributed by atoms with E-state index >= 15 is 0 Å². The monoisotopic (exact) mass is 383 g/mol. The van der Waals surface area contributed by atoms with E-state index in [1.807, 2.05) is 0 Å². The summed E-state index contributed by atoms with van der Waals surface area (Å²) >= 11 is 0. The molecule has 1 heterocycles. The Morgan fingerprint density at radius 2 is 1.92 bits per heavy atom. The molecule has 8 N–H and O–H groups in total. The van der Waals surface area contributed by atoms with Crippen LogP contribution in [0.3, 0.4) is 0 Å². The third kappa shape index (κ3) is 5.82. The summed E-state index contributed by atoms with van der Waals surface area (Å²) in [7, 11) is 0. The first-order valence-corrected chi connectivity index (χ1v) is 7.85. The zero-order valence-corrected chi connectivity index (χ0v) is 14.1. The van der Waals surface area contributed by atoms with Crippen molar-refractivity contribution in [3.8, 4) is 0 Å². The van der Waals surface area contributed by atoms with E-state index in [0.717, 1.165) is 0 Å². The normalized spacial score (nSPS) is 32.5. The summed E-state index contributed by atoms with van der Waals surface area (Å²) in [5, 5.41) is 69.4. The first-order valence-electron chi connectivity index (χ1n) is 7.85. The van der Waals surface area contributed by atoms with E-state index in [2.05, 4.69) is 5.32 Å². The van der Waals surface area contributed by atoms with Crippen LogP contribution in [0.1, 0.15) is 13.3 Å². The fraction of sp³-hybridized carbons (Fsp3) is 0.857. The number of aliphatic hydroxyl groups excluding tert-OH is 5. The van der Waals surface area contributed by atoms with Gasteiger partial charge in [0.15, 0.2) is 0 Å². The number of carboxylic acids is 1. The first-order chi connectivity index (χ1) is 12.0. The van der Waals surface area contributed by atoms with E-state index in [1.54, 1.807) is 0 Å². The van der Waals surface area contributed by atoms with Crippen LogP contribution in [0.15, 0.2) is 0 Å². The molecule has 0 radical (unpaired) electrons. The van der Waals surface area contributed by atoms with Crippen molar-refractivity contribution in [1.29, 1.82) is 0 Å². The van der Waals surface area contributed by atoms with Gasteiger partial charge in [-0.25, -0.2) is 4.79 Å². The van der Waals surface area contributed by atoms with Crippen molar-refractivity contribution in [3.63, 3.8) is 0 Å². The average Bonchev–Trinajstić information content (AvgIpc) is 2.55. The van der Waals surface area contributed by atoms with Crippen molar-refractivity contribution < 1.29 is 54.8 Å². The number of rotatable bonds is 9. The Kier molecular flexibility index (Phi) is 8.30. The molecule has 12 heteroatoms. The maximum Gasteiger partial charge on any atom is 0.364 e. The molecule has 1 rings (SSSR count). The standard InChI is InChI=1S/C14H25NO11/c1-6(17)4-25-5-8(19)11(21)12-10(15-9(20)3-16)7(18)2-14(24,26-12)13(22)23/h6-8,10-12,16-19,21,24H,2-5H2,1H3,(H,15,20)(H,22,23)/t6?,7-,8?,10+,11?,12+,14?/m0/s1. The minimum Gasteiger partial charge on any atom is -0.477 e. The SMILES string of the molecule is CC(O)COCC(O)C(O)[C@@H]1OC(O)(C(=O)O)C[C@H](O)[C@H]1NC(=O)CO. The highest BCUT2D eigenvalue weighted by atomic mass is 16.7. The van der Waals surface area contributed by atoms with Crippen LogP contribution in [0.25, 0.3) is 0 Å². The van der Waals surface area contributed by atoms with Crippen molar-refractivity contribution in [2.75, 3.05) is 19.8 Å². The van der Waals surface area contributed by atoms with Gasteiger partial charge in [0.05, 0.1) is 31.5 Å². The van der Waals surface area contributed by atoms with E-state index < -0.39 is 73.9 Å². The number of aliphatic carboxylic acids is 1. The molecule has 0 aliphatic carbocycles. The molecular weight excluding hydrogens is 358 g/mol. The molecule has 0 spiro atoms. The summed E-state index contributed by atoms with van der Waals surface area (Å²) < 4.78 is 9.91. The van der Waals surface area contributed by atoms with Crippen LogP contribution in [0, 0.1) is 0 Å². The zero-order chi connectivity index (χ0) is 20.1. The molecule has 1 aliphatic rings. The van der Waals surface area contributed by atoms with Gasteiger partial charge in [0.2, 0.25) is 5.91 Å². The van der Waals surface area contributed by atoms with Gasteiger partial charge >= 0.3 is 5.97 Å². The third-order valence-electron chi connectivity index (χ3n) is 3.77. The smallest absolute Gasteiger partial charge is 0.364 e. The minimum atomic E-state index is -2.86. The molecule has 4 unspecified atom stereocenters. The van der Waals surface area contributed by atoms with Crippen molar-refractivity contribution in [2.24, 2.45) is 0 Å². The molecule has 12 nitrogen and oxygen atoms in total. The Morgan fingerprint density at radius 1 is 1.31 bits per heavy atom. The van der Waals surface area contributed by atoms with Gasteiger partial charge in [-0.15, -0.1) is 0 Å². The van der Waals surface area contributed by atoms with Crippen LogP contribution >= 0.6 is 0 Å². The van der Waals surface area contributed by atoms with Crippen LogP contribution in [0.2, 0.25) is 0 Å². The Hall–Kier alpha value is -1.38. The van der Waals surface area contributed by atoms with Gasteiger partial charge in [0, 0.05) is 6.42 Å². The number of hydrogen-bond acceptors (Lipinski definition) is 10. The lowest BCUT2D eigenvalue weighted by molar-refractivity contribution is -0.295. The number of ether oxygens (including phenoxy) is 2. The molecule has 7 atom stereocenters. The summed E-state index contributed by atoms with van der Waals surface area (Å²) in [6.07, 6.45) is -8.59. The van der Waals surface area contributed by atoms with Gasteiger partial charge in [0.1, 0.15) is 24.9 Å². The summed E-state index contributed by atoms with van der Waals surface area (Å²) in [4.78, 5) is 22.6. The van der Waals surface area contributed by atoms with Gasteiger partial charge in [-0.2, -0.15) is 0 Å². The predicted octanol–water partition coefficient (Wildman–Crippen LogP) is -4.49. The molecule has 1 amide bonds. The van der Waals surface area contributed by atoms with Gasteiger partial charge in [-0.1, -0.05) is 0 Å². The highest BCUT2D eigenvalue weighted by molar-refractivity contribution is 5.78. The number of amides is 1. The molecule has 0 aromatic heterocycles. The van der Waals surface area contributed by atoms with Crippen LogP contribution in [-0.2, 0) is 19.1 Å². The van der Waals surface area contributed by atoms with E-state index in [-0.39, 0.29) is 6.61 Å². The quantitative estimate of drug-likeness (QED) is 0.190. The number of carboxylic acid groups (broad SMARTS) is 1. The fourth-order valence-electron chi connectivity index (χ4n) is 2.48. The van der Waals surface area contributed by atoms with E-state index in [0.29, 0.717) is 0 Å². The molecule has 1 saturated heterocycles. The first kappa shape index (κ1) is 22.7. The lowest BCUT2D eigenvalue weighted by Gasteiger charge is -2.44. The van der Waals surface area contributed by atoms with Gasteiger partial charge in [-0.05, 0) is 6.92 Å². The Labute approximate surface area is 148 Å². The minimum absolute atomic E-state index is 0.151. The molecule has 0 aromatic rings. The van der Waals surface area contributed by atoms with Crippen molar-refractivity contribution in [1.82, 2.24) is 5.32 Å². The maximum absolute atomic E-state index is 11.4. The lowest BCUT2D eigenvalue weighted by Crippen LogP contribution is -2.67. The predicted molar refractivity (Wildman–Crippen MR) is 81.6 cm³/mol. The fourth-order valence-corrected chi connectivity index (χ4v) is 2.48. The Balaban J connectivity index is 2.95.